The van der Waals surface area contributed by atoms with Gasteiger partial charge in [0.15, 0.2) is 0 Å². The Hall–Kier alpha value is -2.73. The van der Waals surface area contributed by atoms with E-state index in [2.05, 4.69) is 10.6 Å². The minimum absolute atomic E-state index is 0.227. The van der Waals surface area contributed by atoms with E-state index in [1.807, 2.05) is 0 Å². The number of amides is 3. The summed E-state index contributed by atoms with van der Waals surface area (Å²) in [4.78, 5) is 22.6. The van der Waals surface area contributed by atoms with E-state index in [4.69, 9.17) is 22.1 Å². The first-order valence-electron chi connectivity index (χ1n) is 6.87. The molecule has 0 unspecified atom stereocenters. The molecule has 0 aliphatic heterocycles. The van der Waals surface area contributed by atoms with Crippen LogP contribution in [0.3, 0.4) is 0 Å². The molecule has 2 aromatic carbocycles. The van der Waals surface area contributed by atoms with E-state index in [1.54, 1.807) is 48.5 Å². The van der Waals surface area contributed by atoms with Gasteiger partial charge in [-0.2, -0.15) is 0 Å². The minimum atomic E-state index is -0.651. The van der Waals surface area contributed by atoms with Crippen LogP contribution in [0.5, 0.6) is 5.75 Å². The van der Waals surface area contributed by atoms with Crippen molar-refractivity contribution in [2.75, 3.05) is 18.5 Å². The van der Waals surface area contributed by atoms with Gasteiger partial charge in [0.25, 0.3) is 5.91 Å². The van der Waals surface area contributed by atoms with Gasteiger partial charge in [0.05, 0.1) is 6.54 Å². The van der Waals surface area contributed by atoms with Crippen molar-refractivity contribution in [2.24, 2.45) is 5.73 Å². The van der Waals surface area contributed by atoms with Gasteiger partial charge in [-0.1, -0.05) is 11.6 Å². The Labute approximate surface area is 138 Å². The molecule has 0 saturated heterocycles. The summed E-state index contributed by atoms with van der Waals surface area (Å²) in [6.45, 7) is 0.706. The smallest absolute Gasteiger partial charge is 0.316 e. The van der Waals surface area contributed by atoms with Gasteiger partial charge in [0, 0.05) is 16.3 Å². The van der Waals surface area contributed by atoms with E-state index in [9.17, 15) is 9.59 Å². The third kappa shape index (κ3) is 5.52. The van der Waals surface area contributed by atoms with Crippen molar-refractivity contribution in [3.63, 3.8) is 0 Å². The Morgan fingerprint density at radius 1 is 1.04 bits per heavy atom. The monoisotopic (exact) mass is 333 g/mol. The highest BCUT2D eigenvalue weighted by Crippen LogP contribution is 2.15. The van der Waals surface area contributed by atoms with Crippen molar-refractivity contribution in [1.82, 2.24) is 5.32 Å². The highest BCUT2D eigenvalue weighted by Gasteiger charge is 2.05. The molecule has 0 aliphatic rings. The molecule has 0 heterocycles. The standard InChI is InChI=1S/C16H16ClN3O3/c17-12-3-7-14(8-4-12)23-10-9-19-15(21)11-1-5-13(6-2-11)20-16(18)22/h1-8H,9-10H2,(H,19,21)(H3,18,20,22). The van der Waals surface area contributed by atoms with Crippen LogP contribution in [0.1, 0.15) is 10.4 Å². The Kier molecular flexibility index (Phi) is 5.82. The molecule has 0 aromatic heterocycles. The van der Waals surface area contributed by atoms with Crippen LogP contribution in [0, 0.1) is 0 Å². The van der Waals surface area contributed by atoms with Gasteiger partial charge in [-0.15, -0.1) is 0 Å². The number of hydrogen-bond donors (Lipinski definition) is 3. The minimum Gasteiger partial charge on any atom is -0.492 e. The summed E-state index contributed by atoms with van der Waals surface area (Å²) >= 11 is 5.78. The van der Waals surface area contributed by atoms with Gasteiger partial charge < -0.3 is 21.1 Å². The lowest BCUT2D eigenvalue weighted by Crippen LogP contribution is -2.28. The summed E-state index contributed by atoms with van der Waals surface area (Å²) in [5.74, 6) is 0.459. The van der Waals surface area contributed by atoms with E-state index < -0.39 is 6.03 Å². The molecule has 120 valence electrons. The number of anilines is 1. The lowest BCUT2D eigenvalue weighted by atomic mass is 10.2. The van der Waals surface area contributed by atoms with Gasteiger partial charge in [-0.05, 0) is 48.5 Å². The Morgan fingerprint density at radius 3 is 2.30 bits per heavy atom. The van der Waals surface area contributed by atoms with E-state index in [-0.39, 0.29) is 5.91 Å². The normalized spacial score (nSPS) is 9.96. The largest absolute Gasteiger partial charge is 0.492 e. The van der Waals surface area contributed by atoms with Gasteiger partial charge in [-0.25, -0.2) is 4.79 Å². The van der Waals surface area contributed by atoms with Crippen molar-refractivity contribution in [3.8, 4) is 5.75 Å². The molecule has 23 heavy (non-hydrogen) atoms. The average Bonchev–Trinajstić information content (AvgIpc) is 2.53. The average molecular weight is 334 g/mol. The first kappa shape index (κ1) is 16.6. The van der Waals surface area contributed by atoms with Crippen LogP contribution in [-0.2, 0) is 0 Å². The molecule has 0 fully saturated rings. The van der Waals surface area contributed by atoms with Crippen LogP contribution in [0.25, 0.3) is 0 Å². The van der Waals surface area contributed by atoms with E-state index in [1.165, 1.54) is 0 Å². The van der Waals surface area contributed by atoms with Gasteiger partial charge in [-0.3, -0.25) is 4.79 Å². The summed E-state index contributed by atoms with van der Waals surface area (Å²) in [7, 11) is 0. The van der Waals surface area contributed by atoms with Crippen molar-refractivity contribution in [2.45, 2.75) is 0 Å². The third-order valence-electron chi connectivity index (χ3n) is 2.88. The maximum Gasteiger partial charge on any atom is 0.316 e. The Bertz CT molecular complexity index is 672. The first-order chi connectivity index (χ1) is 11.0. The van der Waals surface area contributed by atoms with Crippen molar-refractivity contribution >= 4 is 29.2 Å². The molecule has 0 spiro atoms. The predicted molar refractivity (Wildman–Crippen MR) is 88.9 cm³/mol. The number of primary amides is 1. The number of halogens is 1. The lowest BCUT2D eigenvalue weighted by molar-refractivity contribution is 0.0947. The number of rotatable bonds is 6. The SMILES string of the molecule is NC(=O)Nc1ccc(C(=O)NCCOc2ccc(Cl)cc2)cc1. The summed E-state index contributed by atoms with van der Waals surface area (Å²) in [5.41, 5.74) is 6.02. The summed E-state index contributed by atoms with van der Waals surface area (Å²) in [5, 5.41) is 5.80. The van der Waals surface area contributed by atoms with Crippen molar-refractivity contribution in [1.29, 1.82) is 0 Å². The van der Waals surface area contributed by atoms with E-state index in [0.29, 0.717) is 35.2 Å². The van der Waals surface area contributed by atoms with Crippen LogP contribution >= 0.6 is 11.6 Å². The van der Waals surface area contributed by atoms with Gasteiger partial charge in [0.2, 0.25) is 0 Å². The molecule has 4 N–H and O–H groups in total. The number of urea groups is 1. The van der Waals surface area contributed by atoms with Crippen molar-refractivity contribution in [3.05, 3.63) is 59.1 Å². The second kappa shape index (κ2) is 8.05. The summed E-state index contributed by atoms with van der Waals surface area (Å²) < 4.78 is 5.48. The number of carbonyl (C=O) groups is 2. The van der Waals surface area contributed by atoms with Gasteiger partial charge in [0.1, 0.15) is 12.4 Å². The number of hydrogen-bond acceptors (Lipinski definition) is 3. The molecule has 0 atom stereocenters. The molecular formula is C16H16ClN3O3. The summed E-state index contributed by atoms with van der Waals surface area (Å²) in [6.07, 6.45) is 0. The predicted octanol–water partition coefficient (Wildman–Crippen LogP) is 2.64. The third-order valence-corrected chi connectivity index (χ3v) is 3.14. The lowest BCUT2D eigenvalue weighted by Gasteiger charge is -2.08. The molecule has 2 aromatic rings. The molecule has 7 heteroatoms. The maximum atomic E-state index is 11.9. The number of nitrogens with one attached hydrogen (secondary N) is 2. The van der Waals surface area contributed by atoms with E-state index in [0.717, 1.165) is 0 Å². The second-order valence-electron chi connectivity index (χ2n) is 4.62. The number of carbonyl (C=O) groups excluding carboxylic acids is 2. The fraction of sp³-hybridized carbons (Fsp3) is 0.125. The Morgan fingerprint density at radius 2 is 1.70 bits per heavy atom. The number of nitrogens with two attached hydrogens (primary N) is 1. The fourth-order valence-corrected chi connectivity index (χ4v) is 1.94. The highest BCUT2D eigenvalue weighted by molar-refractivity contribution is 6.30. The van der Waals surface area contributed by atoms with Gasteiger partial charge >= 0.3 is 6.03 Å². The van der Waals surface area contributed by atoms with Crippen molar-refractivity contribution < 1.29 is 14.3 Å². The first-order valence-corrected chi connectivity index (χ1v) is 7.25. The zero-order chi connectivity index (χ0) is 16.7. The molecule has 6 nitrogen and oxygen atoms in total. The van der Waals surface area contributed by atoms with Crippen LogP contribution < -0.4 is 21.1 Å². The van der Waals surface area contributed by atoms with Crippen LogP contribution in [0.4, 0.5) is 10.5 Å². The fourth-order valence-electron chi connectivity index (χ4n) is 1.81. The van der Waals surface area contributed by atoms with Crippen LogP contribution in [0.2, 0.25) is 5.02 Å². The molecule has 0 aliphatic carbocycles. The maximum absolute atomic E-state index is 11.9. The highest BCUT2D eigenvalue weighted by atomic mass is 35.5. The topological polar surface area (TPSA) is 93.5 Å². The number of benzene rings is 2. The molecule has 0 bridgehead atoms. The molecular weight excluding hydrogens is 318 g/mol. The summed E-state index contributed by atoms with van der Waals surface area (Å²) in [6, 6.07) is 12.7. The second-order valence-corrected chi connectivity index (χ2v) is 5.06. The zero-order valence-corrected chi connectivity index (χ0v) is 13.0. The number of ether oxygens (including phenoxy) is 1. The molecule has 0 radical (unpaired) electrons. The molecule has 0 saturated carbocycles. The Balaban J connectivity index is 1.76. The van der Waals surface area contributed by atoms with Crippen LogP contribution in [-0.4, -0.2) is 25.1 Å². The molecule has 3 amide bonds. The molecule has 2 rings (SSSR count). The van der Waals surface area contributed by atoms with E-state index >= 15 is 0 Å². The zero-order valence-electron chi connectivity index (χ0n) is 12.2. The quantitative estimate of drug-likeness (QED) is 0.709. The van der Waals surface area contributed by atoms with Crippen LogP contribution in [0.15, 0.2) is 48.5 Å².